The highest BCUT2D eigenvalue weighted by atomic mass is 35.5. The number of phenolic OH excluding ortho intramolecular Hbond substituents is 1. The second-order valence-electron chi connectivity index (χ2n) is 2.61. The van der Waals surface area contributed by atoms with Gasteiger partial charge in [-0.15, -0.1) is 11.6 Å². The molecule has 60 valence electrons. The normalized spacial score (nSPS) is 13.0. The molecule has 0 amide bonds. The molecule has 0 heterocycles. The summed E-state index contributed by atoms with van der Waals surface area (Å²) < 4.78 is 0. The quantitative estimate of drug-likeness (QED) is 0.643. The van der Waals surface area contributed by atoms with Gasteiger partial charge in [0.25, 0.3) is 0 Å². The van der Waals surface area contributed by atoms with Gasteiger partial charge in [0, 0.05) is 0 Å². The number of hydrogen-bond donors (Lipinski definition) is 1. The van der Waals surface area contributed by atoms with Crippen molar-refractivity contribution in [1.29, 1.82) is 0 Å². The lowest BCUT2D eigenvalue weighted by atomic mass is 10.1. The van der Waals surface area contributed by atoms with E-state index in [2.05, 4.69) is 0 Å². The summed E-state index contributed by atoms with van der Waals surface area (Å²) in [6, 6.07) is 5.39. The Bertz CT molecular complexity index is 256. The summed E-state index contributed by atoms with van der Waals surface area (Å²) in [5.41, 5.74) is 1.86. The van der Waals surface area contributed by atoms with E-state index in [4.69, 9.17) is 11.6 Å². The third-order valence-electron chi connectivity index (χ3n) is 1.78. The fraction of sp³-hybridized carbons (Fsp3) is 0.333. The highest BCUT2D eigenvalue weighted by molar-refractivity contribution is 6.20. The minimum Gasteiger partial charge on any atom is -0.508 e. The topological polar surface area (TPSA) is 20.2 Å². The maximum Gasteiger partial charge on any atom is 0.118 e. The third kappa shape index (κ3) is 1.66. The van der Waals surface area contributed by atoms with Crippen molar-refractivity contribution in [3.63, 3.8) is 0 Å². The zero-order valence-corrected chi connectivity index (χ0v) is 7.39. The zero-order chi connectivity index (χ0) is 8.43. The fourth-order valence-corrected chi connectivity index (χ4v) is 1.31. The molecule has 1 nitrogen and oxygen atoms in total. The van der Waals surface area contributed by atoms with E-state index >= 15 is 0 Å². The Hall–Kier alpha value is -0.690. The van der Waals surface area contributed by atoms with Crippen LogP contribution in [0, 0.1) is 6.92 Å². The minimum absolute atomic E-state index is 0.0397. The highest BCUT2D eigenvalue weighted by Gasteiger charge is 2.06. The van der Waals surface area contributed by atoms with Gasteiger partial charge in [-0.05, 0) is 31.0 Å². The lowest BCUT2D eigenvalue weighted by Crippen LogP contribution is -1.88. The summed E-state index contributed by atoms with van der Waals surface area (Å²) in [7, 11) is 0. The second-order valence-corrected chi connectivity index (χ2v) is 3.26. The Kier molecular flexibility index (Phi) is 2.40. The number of phenols is 1. The van der Waals surface area contributed by atoms with Crippen molar-refractivity contribution < 1.29 is 5.11 Å². The standard InChI is InChI=1S/C9H11ClO/c1-6-8(7(2)10)4-3-5-9(6)11/h3-5,7,11H,1-2H3. The van der Waals surface area contributed by atoms with Gasteiger partial charge < -0.3 is 5.11 Å². The molecular weight excluding hydrogens is 160 g/mol. The van der Waals surface area contributed by atoms with Crippen LogP contribution in [-0.2, 0) is 0 Å². The minimum atomic E-state index is -0.0397. The van der Waals surface area contributed by atoms with E-state index in [1.807, 2.05) is 19.9 Å². The first kappa shape index (κ1) is 8.41. The van der Waals surface area contributed by atoms with Crippen LogP contribution in [0.25, 0.3) is 0 Å². The summed E-state index contributed by atoms with van der Waals surface area (Å²) in [6.45, 7) is 3.76. The van der Waals surface area contributed by atoms with Crippen LogP contribution in [0.4, 0.5) is 0 Å². The van der Waals surface area contributed by atoms with Gasteiger partial charge in [-0.1, -0.05) is 12.1 Å². The third-order valence-corrected chi connectivity index (χ3v) is 2.01. The summed E-state index contributed by atoms with van der Waals surface area (Å²) in [4.78, 5) is 0. The van der Waals surface area contributed by atoms with Gasteiger partial charge in [0.1, 0.15) is 5.75 Å². The maximum absolute atomic E-state index is 9.29. The molecule has 1 unspecified atom stereocenters. The average Bonchev–Trinajstić information content (AvgIpc) is 1.94. The van der Waals surface area contributed by atoms with Crippen LogP contribution in [-0.4, -0.2) is 5.11 Å². The molecule has 1 aromatic carbocycles. The van der Waals surface area contributed by atoms with E-state index < -0.39 is 0 Å². The molecular formula is C9H11ClO. The first-order valence-electron chi connectivity index (χ1n) is 3.55. The van der Waals surface area contributed by atoms with Crippen LogP contribution in [0.5, 0.6) is 5.75 Å². The number of rotatable bonds is 1. The van der Waals surface area contributed by atoms with E-state index in [0.717, 1.165) is 11.1 Å². The van der Waals surface area contributed by atoms with Gasteiger partial charge in [0.2, 0.25) is 0 Å². The first-order valence-corrected chi connectivity index (χ1v) is 3.99. The zero-order valence-electron chi connectivity index (χ0n) is 6.63. The van der Waals surface area contributed by atoms with Crippen LogP contribution in [0.1, 0.15) is 23.4 Å². The Morgan fingerprint density at radius 3 is 2.55 bits per heavy atom. The second kappa shape index (κ2) is 3.14. The molecule has 0 aliphatic carbocycles. The summed E-state index contributed by atoms with van der Waals surface area (Å²) in [5.74, 6) is 0.315. The molecule has 0 saturated carbocycles. The molecule has 11 heavy (non-hydrogen) atoms. The smallest absolute Gasteiger partial charge is 0.118 e. The molecule has 1 rings (SSSR count). The largest absolute Gasteiger partial charge is 0.508 e. The Labute approximate surface area is 71.6 Å². The molecule has 1 atom stereocenters. The Morgan fingerprint density at radius 2 is 2.09 bits per heavy atom. The van der Waals surface area contributed by atoms with Crippen LogP contribution < -0.4 is 0 Å². The van der Waals surface area contributed by atoms with E-state index in [1.54, 1.807) is 12.1 Å². The monoisotopic (exact) mass is 170 g/mol. The van der Waals surface area contributed by atoms with Gasteiger partial charge in [0.15, 0.2) is 0 Å². The lowest BCUT2D eigenvalue weighted by Gasteiger charge is -2.08. The predicted octanol–water partition coefficient (Wildman–Crippen LogP) is 3.00. The molecule has 0 bridgehead atoms. The van der Waals surface area contributed by atoms with Crippen molar-refractivity contribution >= 4 is 11.6 Å². The predicted molar refractivity (Wildman–Crippen MR) is 47.1 cm³/mol. The molecule has 0 saturated heterocycles. The molecule has 0 fully saturated rings. The number of halogens is 1. The van der Waals surface area contributed by atoms with E-state index in [1.165, 1.54) is 0 Å². The fourth-order valence-electron chi connectivity index (χ4n) is 1.07. The van der Waals surface area contributed by atoms with Crippen molar-refractivity contribution in [2.24, 2.45) is 0 Å². The SMILES string of the molecule is Cc1c(O)cccc1C(C)Cl. The molecule has 0 aliphatic rings. The summed E-state index contributed by atoms with van der Waals surface area (Å²) in [5, 5.41) is 9.25. The van der Waals surface area contributed by atoms with E-state index in [-0.39, 0.29) is 5.38 Å². The van der Waals surface area contributed by atoms with Crippen molar-refractivity contribution in [3.05, 3.63) is 29.3 Å². The Morgan fingerprint density at radius 1 is 1.45 bits per heavy atom. The number of alkyl halides is 1. The lowest BCUT2D eigenvalue weighted by molar-refractivity contribution is 0.470. The molecule has 0 aliphatic heterocycles. The number of benzene rings is 1. The van der Waals surface area contributed by atoms with Gasteiger partial charge in [-0.3, -0.25) is 0 Å². The summed E-state index contributed by atoms with van der Waals surface area (Å²) in [6.07, 6.45) is 0. The average molecular weight is 171 g/mol. The van der Waals surface area contributed by atoms with Gasteiger partial charge in [-0.2, -0.15) is 0 Å². The molecule has 0 aromatic heterocycles. The Balaban J connectivity index is 3.17. The molecule has 0 spiro atoms. The molecule has 0 radical (unpaired) electrons. The van der Waals surface area contributed by atoms with Crippen LogP contribution >= 0.6 is 11.6 Å². The van der Waals surface area contributed by atoms with Crippen molar-refractivity contribution in [1.82, 2.24) is 0 Å². The van der Waals surface area contributed by atoms with Crippen molar-refractivity contribution in [2.45, 2.75) is 19.2 Å². The van der Waals surface area contributed by atoms with Crippen LogP contribution in [0.3, 0.4) is 0 Å². The summed E-state index contributed by atoms with van der Waals surface area (Å²) >= 11 is 5.87. The van der Waals surface area contributed by atoms with Crippen LogP contribution in [0.15, 0.2) is 18.2 Å². The van der Waals surface area contributed by atoms with E-state index in [0.29, 0.717) is 5.75 Å². The molecule has 1 N–H and O–H groups in total. The highest BCUT2D eigenvalue weighted by Crippen LogP contribution is 2.27. The van der Waals surface area contributed by atoms with Crippen molar-refractivity contribution in [3.8, 4) is 5.75 Å². The number of aromatic hydroxyl groups is 1. The van der Waals surface area contributed by atoms with Crippen LogP contribution in [0.2, 0.25) is 0 Å². The number of hydrogen-bond acceptors (Lipinski definition) is 1. The van der Waals surface area contributed by atoms with Crippen molar-refractivity contribution in [2.75, 3.05) is 0 Å². The van der Waals surface area contributed by atoms with Gasteiger partial charge >= 0.3 is 0 Å². The first-order chi connectivity index (χ1) is 5.13. The maximum atomic E-state index is 9.29. The van der Waals surface area contributed by atoms with Gasteiger partial charge in [0.05, 0.1) is 5.38 Å². The molecule has 1 aromatic rings. The van der Waals surface area contributed by atoms with Gasteiger partial charge in [-0.25, -0.2) is 0 Å². The van der Waals surface area contributed by atoms with E-state index in [9.17, 15) is 5.11 Å². The molecule has 2 heteroatoms.